The molecule has 0 unspecified atom stereocenters. The summed E-state index contributed by atoms with van der Waals surface area (Å²) in [6.07, 6.45) is -3.49. The predicted octanol–water partition coefficient (Wildman–Crippen LogP) is 4.34. The monoisotopic (exact) mass is 427 g/mol. The summed E-state index contributed by atoms with van der Waals surface area (Å²) in [5.41, 5.74) is 0.324. The van der Waals surface area contributed by atoms with Gasteiger partial charge in [-0.2, -0.15) is 13.2 Å². The van der Waals surface area contributed by atoms with Crippen LogP contribution in [0.2, 0.25) is 5.02 Å². The van der Waals surface area contributed by atoms with Gasteiger partial charge in [0, 0.05) is 37.3 Å². The van der Waals surface area contributed by atoms with Crippen molar-refractivity contribution in [1.82, 2.24) is 9.47 Å². The number of benzene rings is 1. The Balaban J connectivity index is 1.54. The van der Waals surface area contributed by atoms with E-state index in [9.17, 15) is 18.0 Å². The lowest BCUT2D eigenvalue weighted by atomic mass is 9.83. The second-order valence-corrected chi connectivity index (χ2v) is 8.02. The minimum absolute atomic E-state index is 0.00269. The molecule has 1 aromatic heterocycles. The number of piperidine rings is 1. The van der Waals surface area contributed by atoms with Crippen LogP contribution in [0.1, 0.15) is 23.6 Å². The Bertz CT molecular complexity index is 991. The summed E-state index contributed by atoms with van der Waals surface area (Å²) in [5, 5.41) is 3.38. The second kappa shape index (κ2) is 7.08. The largest absolute Gasteiger partial charge is 0.416 e. The molecule has 1 saturated heterocycles. The van der Waals surface area contributed by atoms with Gasteiger partial charge in [0.15, 0.2) is 5.11 Å². The Hall–Kier alpha value is -2.06. The molecular weight excluding hydrogens is 411 g/mol. The predicted molar refractivity (Wildman–Crippen MR) is 106 cm³/mol. The van der Waals surface area contributed by atoms with E-state index in [0.29, 0.717) is 24.7 Å². The first-order chi connectivity index (χ1) is 13.2. The number of halogens is 4. The number of fused-ring (bicyclic) bond motifs is 4. The van der Waals surface area contributed by atoms with Gasteiger partial charge in [-0.1, -0.05) is 17.7 Å². The average molecular weight is 428 g/mol. The summed E-state index contributed by atoms with van der Waals surface area (Å²) >= 11 is 11.5. The lowest BCUT2D eigenvalue weighted by molar-refractivity contribution is -0.137. The second-order valence-electron chi connectivity index (χ2n) is 7.23. The Morgan fingerprint density at radius 2 is 1.96 bits per heavy atom. The molecule has 1 aromatic carbocycles. The molecule has 2 aromatic rings. The molecule has 2 atom stereocenters. The van der Waals surface area contributed by atoms with Crippen molar-refractivity contribution < 1.29 is 13.2 Å². The van der Waals surface area contributed by atoms with Gasteiger partial charge in [0.05, 0.1) is 16.3 Å². The highest BCUT2D eigenvalue weighted by Gasteiger charge is 2.36. The Labute approximate surface area is 169 Å². The molecule has 28 heavy (non-hydrogen) atoms. The van der Waals surface area contributed by atoms with Gasteiger partial charge >= 0.3 is 6.18 Å². The Kier molecular flexibility index (Phi) is 4.87. The minimum Gasteiger partial charge on any atom is -0.348 e. The van der Waals surface area contributed by atoms with Gasteiger partial charge in [0.25, 0.3) is 5.56 Å². The van der Waals surface area contributed by atoms with Crippen LogP contribution >= 0.6 is 23.8 Å². The Morgan fingerprint density at radius 3 is 2.71 bits per heavy atom. The highest BCUT2D eigenvalue weighted by molar-refractivity contribution is 7.80. The molecule has 1 fully saturated rings. The summed E-state index contributed by atoms with van der Waals surface area (Å²) in [5.74, 6) is 0.404. The minimum atomic E-state index is -4.46. The van der Waals surface area contributed by atoms with E-state index in [1.54, 1.807) is 12.1 Å². The number of hydrogen-bond donors (Lipinski definition) is 1. The first-order valence-electron chi connectivity index (χ1n) is 8.85. The molecule has 2 bridgehead atoms. The SMILES string of the molecule is O=c1cccc2n1C[C@H]1C[C@H]2CN(C(=S)Nc2cc(C(F)(F)F)ccc2Cl)C1. The third-order valence-corrected chi connectivity index (χ3v) is 5.99. The first-order valence-corrected chi connectivity index (χ1v) is 9.63. The summed E-state index contributed by atoms with van der Waals surface area (Å²) < 4.78 is 40.8. The van der Waals surface area contributed by atoms with Crippen molar-refractivity contribution in [1.29, 1.82) is 0 Å². The lowest BCUT2D eigenvalue weighted by Crippen LogP contribution is -2.50. The molecule has 3 heterocycles. The number of alkyl halides is 3. The van der Waals surface area contributed by atoms with Gasteiger partial charge in [0.2, 0.25) is 0 Å². The first kappa shape index (κ1) is 19.3. The van der Waals surface area contributed by atoms with E-state index in [0.717, 1.165) is 24.2 Å². The van der Waals surface area contributed by atoms with E-state index in [1.165, 1.54) is 6.07 Å². The molecule has 0 aliphatic carbocycles. The van der Waals surface area contributed by atoms with Crippen LogP contribution in [0.25, 0.3) is 0 Å². The number of pyridine rings is 1. The van der Waals surface area contributed by atoms with Crippen LogP contribution in [0.5, 0.6) is 0 Å². The van der Waals surface area contributed by atoms with Crippen LogP contribution < -0.4 is 10.9 Å². The van der Waals surface area contributed by atoms with Crippen molar-refractivity contribution in [3.63, 3.8) is 0 Å². The van der Waals surface area contributed by atoms with Gasteiger partial charge in [-0.05, 0) is 48.8 Å². The zero-order valence-corrected chi connectivity index (χ0v) is 16.2. The van der Waals surface area contributed by atoms with Gasteiger partial charge in [0.1, 0.15) is 0 Å². The van der Waals surface area contributed by atoms with E-state index in [1.807, 2.05) is 15.5 Å². The number of hydrogen-bond acceptors (Lipinski definition) is 2. The van der Waals surface area contributed by atoms with Crippen LogP contribution in [-0.4, -0.2) is 27.7 Å². The fraction of sp³-hybridized carbons (Fsp3) is 0.368. The van der Waals surface area contributed by atoms with Crippen LogP contribution in [0.3, 0.4) is 0 Å². The molecule has 9 heteroatoms. The van der Waals surface area contributed by atoms with E-state index in [2.05, 4.69) is 5.32 Å². The van der Waals surface area contributed by atoms with Crippen LogP contribution in [0, 0.1) is 5.92 Å². The fourth-order valence-electron chi connectivity index (χ4n) is 4.05. The lowest BCUT2D eigenvalue weighted by Gasteiger charge is -2.43. The molecule has 2 aliphatic heterocycles. The molecule has 148 valence electrons. The van der Waals surface area contributed by atoms with Gasteiger partial charge in [-0.3, -0.25) is 4.79 Å². The number of rotatable bonds is 1. The van der Waals surface area contributed by atoms with Gasteiger partial charge in [-0.15, -0.1) is 0 Å². The molecule has 4 rings (SSSR count). The van der Waals surface area contributed by atoms with E-state index in [4.69, 9.17) is 23.8 Å². The average Bonchev–Trinajstić information content (AvgIpc) is 2.63. The number of likely N-dealkylation sites (tertiary alicyclic amines) is 1. The number of aromatic nitrogens is 1. The van der Waals surface area contributed by atoms with Crippen molar-refractivity contribution in [2.24, 2.45) is 5.92 Å². The third-order valence-electron chi connectivity index (χ3n) is 5.30. The van der Waals surface area contributed by atoms with Gasteiger partial charge < -0.3 is 14.8 Å². The van der Waals surface area contributed by atoms with Crippen molar-refractivity contribution >= 4 is 34.6 Å². The maximum atomic E-state index is 13.0. The van der Waals surface area contributed by atoms with Crippen molar-refractivity contribution in [2.45, 2.75) is 25.1 Å². The maximum absolute atomic E-state index is 13.0. The molecule has 4 nitrogen and oxygen atoms in total. The molecule has 0 amide bonds. The van der Waals surface area contributed by atoms with E-state index < -0.39 is 11.7 Å². The van der Waals surface area contributed by atoms with Crippen LogP contribution in [0.4, 0.5) is 18.9 Å². The molecule has 0 radical (unpaired) electrons. The summed E-state index contributed by atoms with van der Waals surface area (Å²) in [6.45, 7) is 1.86. The Morgan fingerprint density at radius 1 is 1.18 bits per heavy atom. The summed E-state index contributed by atoms with van der Waals surface area (Å²) in [4.78, 5) is 14.1. The highest BCUT2D eigenvalue weighted by atomic mass is 35.5. The fourth-order valence-corrected chi connectivity index (χ4v) is 4.48. The normalized spacial score (nSPS) is 21.2. The zero-order valence-electron chi connectivity index (χ0n) is 14.7. The summed E-state index contributed by atoms with van der Waals surface area (Å²) in [7, 11) is 0. The molecule has 0 saturated carbocycles. The van der Waals surface area contributed by atoms with Crippen molar-refractivity contribution in [3.05, 3.63) is 63.0 Å². The topological polar surface area (TPSA) is 37.3 Å². The number of thiocarbonyl (C=S) groups is 1. The molecular formula is C19H17ClF3N3OS. The quantitative estimate of drug-likeness (QED) is 0.687. The van der Waals surface area contributed by atoms with E-state index >= 15 is 0 Å². The smallest absolute Gasteiger partial charge is 0.348 e. The number of nitrogens with one attached hydrogen (secondary N) is 1. The highest BCUT2D eigenvalue weighted by Crippen LogP contribution is 2.36. The zero-order chi connectivity index (χ0) is 20.1. The van der Waals surface area contributed by atoms with Crippen LogP contribution in [0.15, 0.2) is 41.2 Å². The van der Waals surface area contributed by atoms with E-state index in [-0.39, 0.29) is 28.1 Å². The molecule has 2 aliphatic rings. The third kappa shape index (κ3) is 3.63. The van der Waals surface area contributed by atoms with Crippen LogP contribution in [-0.2, 0) is 12.7 Å². The van der Waals surface area contributed by atoms with Crippen molar-refractivity contribution in [3.8, 4) is 0 Å². The van der Waals surface area contributed by atoms with Gasteiger partial charge in [-0.25, -0.2) is 0 Å². The summed E-state index contributed by atoms with van der Waals surface area (Å²) in [6, 6.07) is 8.39. The molecule has 0 spiro atoms. The number of anilines is 1. The molecule has 1 N–H and O–H groups in total. The standard InChI is InChI=1S/C19H17ClF3N3OS/c20-14-5-4-13(19(21,22)23)7-15(14)24-18(28)25-8-11-6-12(10-25)16-2-1-3-17(27)26(16)9-11/h1-5,7,11-12H,6,8-10H2,(H,24,28)/t11-,12-/m0/s1. The number of nitrogens with zero attached hydrogens (tertiary/aromatic N) is 2. The maximum Gasteiger partial charge on any atom is 0.416 e. The van der Waals surface area contributed by atoms with Crippen molar-refractivity contribution in [2.75, 3.05) is 18.4 Å².